The molecule has 0 bridgehead atoms. The van der Waals surface area contributed by atoms with Gasteiger partial charge in [0.05, 0.1) is 11.9 Å². The second kappa shape index (κ2) is 4.88. The molecule has 1 atom stereocenters. The number of nitrogens with zero attached hydrogens (tertiary/aromatic N) is 3. The summed E-state index contributed by atoms with van der Waals surface area (Å²) in [4.78, 5) is 2.02. The molecule has 0 saturated heterocycles. The van der Waals surface area contributed by atoms with E-state index in [0.29, 0.717) is 0 Å². The minimum absolute atomic E-state index is 0.0987. The number of aromatic nitrogens is 2. The van der Waals surface area contributed by atoms with Crippen LogP contribution in [0.5, 0.6) is 0 Å². The van der Waals surface area contributed by atoms with E-state index in [4.69, 9.17) is 0 Å². The highest BCUT2D eigenvalue weighted by Gasteiger charge is 2.30. The SMILES string of the molecule is Cn1cc(N2CCc3c(cccc3C(C)(C)C)C2O)cn1. The van der Waals surface area contributed by atoms with Crippen LogP contribution in [0.25, 0.3) is 0 Å². The second-order valence-electron chi connectivity index (χ2n) is 6.81. The maximum Gasteiger partial charge on any atom is 0.153 e. The Kier molecular flexibility index (Phi) is 3.29. The van der Waals surface area contributed by atoms with Crippen molar-refractivity contribution < 1.29 is 5.11 Å². The molecular weight excluding hydrogens is 262 g/mol. The predicted octanol–water partition coefficient (Wildman–Crippen LogP) is 2.77. The normalized spacial score (nSPS) is 18.7. The molecule has 1 aliphatic heterocycles. The van der Waals surface area contributed by atoms with Gasteiger partial charge in [0, 0.05) is 25.4 Å². The molecule has 2 heterocycles. The van der Waals surface area contributed by atoms with Crippen molar-refractivity contribution in [1.29, 1.82) is 0 Å². The van der Waals surface area contributed by atoms with Crippen LogP contribution in [0.2, 0.25) is 0 Å². The van der Waals surface area contributed by atoms with Gasteiger partial charge in [-0.1, -0.05) is 39.0 Å². The van der Waals surface area contributed by atoms with E-state index in [9.17, 15) is 5.11 Å². The molecule has 1 aliphatic rings. The van der Waals surface area contributed by atoms with E-state index in [0.717, 1.165) is 24.2 Å². The van der Waals surface area contributed by atoms with Gasteiger partial charge in [0.15, 0.2) is 6.23 Å². The highest BCUT2D eigenvalue weighted by molar-refractivity contribution is 5.51. The Morgan fingerprint density at radius 2 is 2.05 bits per heavy atom. The molecule has 1 N–H and O–H groups in total. The first-order valence-electron chi connectivity index (χ1n) is 7.43. The Balaban J connectivity index is 2.01. The fraction of sp³-hybridized carbons (Fsp3) is 0.471. The summed E-state index contributed by atoms with van der Waals surface area (Å²) < 4.78 is 1.77. The van der Waals surface area contributed by atoms with Crippen LogP contribution in [0.1, 0.15) is 43.7 Å². The van der Waals surface area contributed by atoms with Gasteiger partial charge in [-0.25, -0.2) is 0 Å². The number of aliphatic hydroxyl groups is 1. The van der Waals surface area contributed by atoms with Gasteiger partial charge in [0.2, 0.25) is 0 Å². The molecule has 0 aliphatic carbocycles. The molecule has 21 heavy (non-hydrogen) atoms. The largest absolute Gasteiger partial charge is 0.369 e. The van der Waals surface area contributed by atoms with E-state index < -0.39 is 6.23 Å². The van der Waals surface area contributed by atoms with Crippen LogP contribution in [0, 0.1) is 0 Å². The Morgan fingerprint density at radius 1 is 1.29 bits per heavy atom. The third-order valence-electron chi connectivity index (χ3n) is 4.22. The lowest BCUT2D eigenvalue weighted by molar-refractivity contribution is 0.164. The van der Waals surface area contributed by atoms with Crippen molar-refractivity contribution in [3.8, 4) is 0 Å². The molecule has 0 radical (unpaired) electrons. The number of hydrogen-bond acceptors (Lipinski definition) is 3. The topological polar surface area (TPSA) is 41.3 Å². The van der Waals surface area contributed by atoms with Crippen LogP contribution >= 0.6 is 0 Å². The molecule has 4 nitrogen and oxygen atoms in total. The first kappa shape index (κ1) is 14.1. The summed E-state index contributed by atoms with van der Waals surface area (Å²) in [5.74, 6) is 0. The predicted molar refractivity (Wildman–Crippen MR) is 84.4 cm³/mol. The average molecular weight is 285 g/mol. The van der Waals surface area contributed by atoms with Gasteiger partial charge in [-0.3, -0.25) is 4.68 Å². The maximum atomic E-state index is 10.8. The van der Waals surface area contributed by atoms with Crippen molar-refractivity contribution in [2.75, 3.05) is 11.4 Å². The molecule has 1 unspecified atom stereocenters. The Hall–Kier alpha value is -1.81. The Bertz CT molecular complexity index is 654. The summed E-state index contributed by atoms with van der Waals surface area (Å²) in [6, 6.07) is 6.28. The zero-order valence-corrected chi connectivity index (χ0v) is 13.2. The molecule has 2 aromatic rings. The molecule has 3 rings (SSSR count). The van der Waals surface area contributed by atoms with Crippen molar-refractivity contribution in [3.63, 3.8) is 0 Å². The number of hydrogen-bond donors (Lipinski definition) is 1. The lowest BCUT2D eigenvalue weighted by Gasteiger charge is -2.37. The van der Waals surface area contributed by atoms with E-state index in [1.54, 1.807) is 4.68 Å². The molecule has 0 spiro atoms. The quantitative estimate of drug-likeness (QED) is 0.876. The van der Waals surface area contributed by atoms with E-state index in [-0.39, 0.29) is 5.41 Å². The van der Waals surface area contributed by atoms with Crippen LogP contribution in [0.15, 0.2) is 30.6 Å². The highest BCUT2D eigenvalue weighted by atomic mass is 16.3. The molecule has 4 heteroatoms. The van der Waals surface area contributed by atoms with Crippen molar-refractivity contribution in [2.24, 2.45) is 7.05 Å². The highest BCUT2D eigenvalue weighted by Crippen LogP contribution is 2.37. The average Bonchev–Trinajstić information content (AvgIpc) is 2.84. The van der Waals surface area contributed by atoms with Crippen LogP contribution in [-0.2, 0) is 18.9 Å². The summed E-state index contributed by atoms with van der Waals surface area (Å²) in [6.45, 7) is 7.49. The smallest absolute Gasteiger partial charge is 0.153 e. The van der Waals surface area contributed by atoms with Gasteiger partial charge in [0.25, 0.3) is 0 Å². The summed E-state index contributed by atoms with van der Waals surface area (Å²) in [5, 5.41) is 15.0. The maximum absolute atomic E-state index is 10.8. The third kappa shape index (κ3) is 2.44. The van der Waals surface area contributed by atoms with Crippen LogP contribution in [0.4, 0.5) is 5.69 Å². The minimum atomic E-state index is -0.597. The summed E-state index contributed by atoms with van der Waals surface area (Å²) in [5.41, 5.74) is 4.73. The zero-order chi connectivity index (χ0) is 15.2. The van der Waals surface area contributed by atoms with Crippen molar-refractivity contribution >= 4 is 5.69 Å². The van der Waals surface area contributed by atoms with E-state index >= 15 is 0 Å². The Morgan fingerprint density at radius 3 is 2.67 bits per heavy atom. The minimum Gasteiger partial charge on any atom is -0.369 e. The number of fused-ring (bicyclic) bond motifs is 1. The van der Waals surface area contributed by atoms with Crippen LogP contribution in [-0.4, -0.2) is 21.4 Å². The molecule has 112 valence electrons. The summed E-state index contributed by atoms with van der Waals surface area (Å²) >= 11 is 0. The monoisotopic (exact) mass is 285 g/mol. The molecule has 1 aromatic heterocycles. The summed E-state index contributed by atoms with van der Waals surface area (Å²) in [7, 11) is 1.89. The Labute approximate surface area is 126 Å². The van der Waals surface area contributed by atoms with Gasteiger partial charge in [0.1, 0.15) is 0 Å². The van der Waals surface area contributed by atoms with Gasteiger partial charge < -0.3 is 10.0 Å². The number of aliphatic hydroxyl groups excluding tert-OH is 1. The first-order valence-corrected chi connectivity index (χ1v) is 7.43. The molecule has 0 fully saturated rings. The number of anilines is 1. The van der Waals surface area contributed by atoms with Gasteiger partial charge in [-0.05, 0) is 23.0 Å². The number of rotatable bonds is 1. The van der Waals surface area contributed by atoms with E-state index in [1.807, 2.05) is 30.4 Å². The standard InChI is InChI=1S/C17H23N3O/c1-17(2,3)15-7-5-6-14-13(15)8-9-20(16(14)21)12-10-18-19(4)11-12/h5-7,10-11,16,21H,8-9H2,1-4H3. The zero-order valence-electron chi connectivity index (χ0n) is 13.2. The third-order valence-corrected chi connectivity index (χ3v) is 4.22. The molecule has 0 saturated carbocycles. The molecular formula is C17H23N3O. The van der Waals surface area contributed by atoms with Gasteiger partial charge in [-0.15, -0.1) is 0 Å². The molecule has 1 aromatic carbocycles. The summed E-state index contributed by atoms with van der Waals surface area (Å²) in [6.07, 6.45) is 4.11. The fourth-order valence-electron chi connectivity index (χ4n) is 3.18. The van der Waals surface area contributed by atoms with Crippen molar-refractivity contribution in [2.45, 2.75) is 38.8 Å². The van der Waals surface area contributed by atoms with E-state index in [1.165, 1.54) is 11.1 Å². The van der Waals surface area contributed by atoms with Crippen molar-refractivity contribution in [3.05, 3.63) is 47.3 Å². The first-order chi connectivity index (χ1) is 9.88. The van der Waals surface area contributed by atoms with E-state index in [2.05, 4.69) is 38.0 Å². The number of benzene rings is 1. The van der Waals surface area contributed by atoms with Gasteiger partial charge in [-0.2, -0.15) is 5.10 Å². The second-order valence-corrected chi connectivity index (χ2v) is 6.81. The van der Waals surface area contributed by atoms with Gasteiger partial charge >= 0.3 is 0 Å². The molecule has 0 amide bonds. The fourth-order valence-corrected chi connectivity index (χ4v) is 3.18. The number of aryl methyl sites for hydroxylation is 1. The van der Waals surface area contributed by atoms with Crippen LogP contribution in [0.3, 0.4) is 0 Å². The van der Waals surface area contributed by atoms with Crippen LogP contribution < -0.4 is 4.90 Å². The van der Waals surface area contributed by atoms with Crippen molar-refractivity contribution in [1.82, 2.24) is 9.78 Å². The lowest BCUT2D eigenvalue weighted by Crippen LogP contribution is -2.36. The lowest BCUT2D eigenvalue weighted by atomic mass is 9.80.